The molecule has 64 heavy (non-hydrogen) atoms. The molecule has 2 fully saturated rings. The molecule has 342 valence electrons. The van der Waals surface area contributed by atoms with Crippen LogP contribution in [-0.2, 0) is 11.3 Å². The first-order valence-corrected chi connectivity index (χ1v) is 25.3. The lowest BCUT2D eigenvalue weighted by molar-refractivity contribution is 0.0447. The van der Waals surface area contributed by atoms with Gasteiger partial charge >= 0.3 is 6.01 Å². The molecule has 0 amide bonds. The van der Waals surface area contributed by atoms with E-state index < -0.39 is 25.3 Å². The van der Waals surface area contributed by atoms with Crippen molar-refractivity contribution >= 4 is 35.6 Å². The van der Waals surface area contributed by atoms with Crippen molar-refractivity contribution in [1.29, 1.82) is 0 Å². The van der Waals surface area contributed by atoms with Crippen molar-refractivity contribution in [3.8, 4) is 34.4 Å². The van der Waals surface area contributed by atoms with Gasteiger partial charge in [0.05, 0.1) is 17.8 Å². The molecule has 12 heteroatoms. The molecule has 3 heterocycles. The van der Waals surface area contributed by atoms with Crippen LogP contribution < -0.4 is 14.4 Å². The number of hydrogen-bond acceptors (Lipinski definition) is 9. The molecule has 0 saturated carbocycles. The summed E-state index contributed by atoms with van der Waals surface area (Å²) in [6, 6.07) is 20.9. The van der Waals surface area contributed by atoms with E-state index in [2.05, 4.69) is 100 Å². The number of halogens is 2. The van der Waals surface area contributed by atoms with Gasteiger partial charge in [0.2, 0.25) is 0 Å². The fourth-order valence-corrected chi connectivity index (χ4v) is 15.5. The minimum absolute atomic E-state index is 0.0237. The van der Waals surface area contributed by atoms with Crippen molar-refractivity contribution in [3.05, 3.63) is 89.5 Å². The van der Waals surface area contributed by atoms with Gasteiger partial charge in [0, 0.05) is 81.7 Å². The van der Waals surface area contributed by atoms with Gasteiger partial charge in [-0.15, -0.1) is 5.54 Å². The number of piperazine rings is 1. The second-order valence-electron chi connectivity index (χ2n) is 19.3. The number of benzene rings is 4. The van der Waals surface area contributed by atoms with E-state index in [0.29, 0.717) is 76.0 Å². The highest BCUT2D eigenvalue weighted by atomic mass is 28.3. The summed E-state index contributed by atoms with van der Waals surface area (Å²) in [6.07, 6.45) is 1.40. The van der Waals surface area contributed by atoms with Gasteiger partial charge in [-0.25, -0.2) is 8.78 Å². The Labute approximate surface area is 380 Å². The highest BCUT2D eigenvalue weighted by Gasteiger charge is 2.42. The van der Waals surface area contributed by atoms with Crippen LogP contribution in [0.2, 0.25) is 16.6 Å². The summed E-state index contributed by atoms with van der Waals surface area (Å²) in [5.41, 5.74) is 6.05. The number of methoxy groups -OCH3 is 1. The molecule has 2 aliphatic heterocycles. The molecule has 2 aliphatic rings. The first-order chi connectivity index (χ1) is 30.6. The normalized spacial score (nSPS) is 18.3. The zero-order valence-corrected chi connectivity index (χ0v) is 40.3. The van der Waals surface area contributed by atoms with Crippen molar-refractivity contribution in [2.45, 2.75) is 97.0 Å². The molecule has 0 aliphatic carbocycles. The number of hydrogen-bond donors (Lipinski definition) is 1. The number of aliphatic hydroxyl groups is 1. The highest BCUT2D eigenvalue weighted by molar-refractivity contribution is 6.90. The van der Waals surface area contributed by atoms with Gasteiger partial charge in [-0.1, -0.05) is 96.9 Å². The van der Waals surface area contributed by atoms with Crippen LogP contribution in [0.3, 0.4) is 0 Å². The van der Waals surface area contributed by atoms with Crippen LogP contribution in [0.25, 0.3) is 32.8 Å². The van der Waals surface area contributed by atoms with Crippen LogP contribution in [0.1, 0.15) is 79.4 Å². The predicted molar refractivity (Wildman–Crippen MR) is 258 cm³/mol. The zero-order valence-electron chi connectivity index (χ0n) is 39.3. The fourth-order valence-electron chi connectivity index (χ4n) is 10.3. The van der Waals surface area contributed by atoms with Gasteiger partial charge in [0.15, 0.2) is 12.6 Å². The summed E-state index contributed by atoms with van der Waals surface area (Å²) in [7, 11) is -0.741. The van der Waals surface area contributed by atoms with Crippen LogP contribution in [0.15, 0.2) is 66.7 Å². The van der Waals surface area contributed by atoms with Gasteiger partial charge in [0.25, 0.3) is 0 Å². The van der Waals surface area contributed by atoms with Gasteiger partial charge in [-0.3, -0.25) is 4.90 Å². The van der Waals surface area contributed by atoms with Gasteiger partial charge < -0.3 is 29.1 Å². The van der Waals surface area contributed by atoms with Crippen LogP contribution in [0.5, 0.6) is 11.8 Å². The van der Waals surface area contributed by atoms with Crippen molar-refractivity contribution < 1.29 is 28.1 Å². The average molecular weight is 892 g/mol. The fraction of sp³-hybridized carbons (Fsp3) is 0.500. The van der Waals surface area contributed by atoms with E-state index in [1.807, 2.05) is 24.0 Å². The van der Waals surface area contributed by atoms with E-state index in [-0.39, 0.29) is 35.4 Å². The summed E-state index contributed by atoms with van der Waals surface area (Å²) in [5.74, 6) is 3.41. The molecule has 0 spiro atoms. The number of nitrogens with zero attached hydrogens (tertiary/aromatic N) is 5. The van der Waals surface area contributed by atoms with E-state index in [1.54, 1.807) is 18.2 Å². The summed E-state index contributed by atoms with van der Waals surface area (Å²) in [5, 5.41) is 12.8. The summed E-state index contributed by atoms with van der Waals surface area (Å²) < 4.78 is 51.6. The second-order valence-corrected chi connectivity index (χ2v) is 24.9. The van der Waals surface area contributed by atoms with E-state index >= 15 is 8.78 Å². The molecular weight excluding hydrogens is 825 g/mol. The maximum absolute atomic E-state index is 17.7. The predicted octanol–water partition coefficient (Wildman–Crippen LogP) is 10.5. The quantitative estimate of drug-likeness (QED) is 0.0628. The molecule has 9 nitrogen and oxygen atoms in total. The first-order valence-electron chi connectivity index (χ1n) is 23.1. The third-order valence-corrected chi connectivity index (χ3v) is 19.8. The van der Waals surface area contributed by atoms with Crippen LogP contribution in [0.4, 0.5) is 14.6 Å². The van der Waals surface area contributed by atoms with Crippen molar-refractivity contribution in [2.75, 3.05) is 71.2 Å². The molecule has 7 rings (SSSR count). The molecule has 0 radical (unpaired) electrons. The summed E-state index contributed by atoms with van der Waals surface area (Å²) >= 11 is 0. The molecule has 4 aromatic carbocycles. The highest BCUT2D eigenvalue weighted by Crippen LogP contribution is 2.43. The molecule has 1 unspecified atom stereocenters. The molecule has 1 aromatic heterocycles. The number of anilines is 1. The maximum Gasteiger partial charge on any atom is 0.319 e. The number of fused-ring (bicyclic) bond motifs is 2. The Kier molecular flexibility index (Phi) is 15.0. The lowest BCUT2D eigenvalue weighted by atomic mass is 9.92. The zero-order chi connectivity index (χ0) is 45.8. The lowest BCUT2D eigenvalue weighted by Crippen LogP contribution is -2.47. The number of ether oxygens (including phenoxy) is 3. The van der Waals surface area contributed by atoms with Crippen LogP contribution in [0, 0.1) is 29.0 Å². The molecule has 2 atom stereocenters. The lowest BCUT2D eigenvalue weighted by Gasteiger charge is -2.38. The standard InChI is InChI=1S/C52H67F2N5O4Si/c1-35(2)64(36(3)4,37(5)6)27-20-43-46(53)19-16-40-28-41(63-34-61-9)29-45(47(40)43)42-17-18-44-49(48(42)54)55-51(56-50(44)59-22-13-21-52(8,60)33-59)62-32-38(7)30-57-23-25-58(26-24-57)31-39-14-11-10-12-15-39/h10-12,14-19,28-29,35-38,60H,13,21-26,30-34H2,1-9H3/t38?,52-/m1/s1. The first kappa shape index (κ1) is 47.3. The van der Waals surface area contributed by atoms with E-state index in [0.717, 1.165) is 45.7 Å². The molecular formula is C52H67F2N5O4Si. The number of aromatic nitrogens is 2. The third-order valence-electron chi connectivity index (χ3n) is 13.5. The van der Waals surface area contributed by atoms with Crippen LogP contribution in [-0.4, -0.2) is 105 Å². The minimum atomic E-state index is -2.28. The smallest absolute Gasteiger partial charge is 0.319 e. The van der Waals surface area contributed by atoms with Gasteiger partial charge in [-0.05, 0) is 77.2 Å². The van der Waals surface area contributed by atoms with Crippen molar-refractivity contribution in [2.24, 2.45) is 5.92 Å². The van der Waals surface area contributed by atoms with Gasteiger partial charge in [-0.2, -0.15) is 9.97 Å². The monoisotopic (exact) mass is 891 g/mol. The van der Waals surface area contributed by atoms with E-state index in [4.69, 9.17) is 24.2 Å². The van der Waals surface area contributed by atoms with Gasteiger partial charge in [0.1, 0.15) is 31.0 Å². The molecule has 0 bridgehead atoms. The third kappa shape index (κ3) is 10.4. The van der Waals surface area contributed by atoms with E-state index in [1.165, 1.54) is 18.7 Å². The average Bonchev–Trinajstić information content (AvgIpc) is 3.26. The maximum atomic E-state index is 17.7. The number of piperidine rings is 1. The molecule has 5 aromatic rings. The Balaban J connectivity index is 1.27. The SMILES string of the molecule is COCOc1cc(-c2ccc3c(N4CCC[C@@](C)(O)C4)nc(OCC(C)CN4CCN(Cc5ccccc5)CC4)nc3c2F)c2c(C#C[Si](C(C)C)(C(C)C)C(C)C)c(F)ccc2c1. The number of rotatable bonds is 15. The number of β-amino-alcohol motifs (C(OH)–C–C–N with tert-alkyl or cyclic N) is 1. The Bertz CT molecular complexity index is 2440. The Morgan fingerprint density at radius 2 is 1.53 bits per heavy atom. The minimum Gasteiger partial charge on any atom is -0.468 e. The Morgan fingerprint density at radius 3 is 2.20 bits per heavy atom. The van der Waals surface area contributed by atoms with Crippen molar-refractivity contribution in [1.82, 2.24) is 19.8 Å². The molecule has 2 saturated heterocycles. The Morgan fingerprint density at radius 1 is 0.828 bits per heavy atom. The summed E-state index contributed by atoms with van der Waals surface area (Å²) in [6.45, 7) is 24.3. The van der Waals surface area contributed by atoms with E-state index in [9.17, 15) is 5.11 Å². The van der Waals surface area contributed by atoms with Crippen LogP contribution >= 0.6 is 0 Å². The largest absolute Gasteiger partial charge is 0.468 e. The summed E-state index contributed by atoms with van der Waals surface area (Å²) in [4.78, 5) is 16.7. The van der Waals surface area contributed by atoms with Crippen molar-refractivity contribution in [3.63, 3.8) is 0 Å². The topological polar surface area (TPSA) is 83.4 Å². The Hall–Kier alpha value is -4.64. The molecule has 1 N–H and O–H groups in total. The second kappa shape index (κ2) is 20.3.